The van der Waals surface area contributed by atoms with E-state index in [4.69, 9.17) is 4.74 Å². The molecule has 0 unspecified atom stereocenters. The van der Waals surface area contributed by atoms with Gasteiger partial charge in [0.15, 0.2) is 9.84 Å². The molecule has 0 amide bonds. The number of sulfone groups is 1. The van der Waals surface area contributed by atoms with Crippen molar-refractivity contribution in [3.63, 3.8) is 0 Å². The zero-order chi connectivity index (χ0) is 13.2. The van der Waals surface area contributed by atoms with Gasteiger partial charge in [-0.1, -0.05) is 0 Å². The Labute approximate surface area is 106 Å². The number of hydrogen-bond acceptors (Lipinski definition) is 4. The van der Waals surface area contributed by atoms with Crippen LogP contribution in [0.4, 0.5) is 0 Å². The van der Waals surface area contributed by atoms with Crippen molar-refractivity contribution in [2.24, 2.45) is 0 Å². The Morgan fingerprint density at radius 2 is 1.94 bits per heavy atom. The predicted octanol–water partition coefficient (Wildman–Crippen LogP) is 1.63. The summed E-state index contributed by atoms with van der Waals surface area (Å²) in [4.78, 5) is 0. The van der Waals surface area contributed by atoms with Gasteiger partial charge < -0.3 is 4.74 Å². The highest BCUT2D eigenvalue weighted by Crippen LogP contribution is 2.21. The molecule has 1 heterocycles. The lowest BCUT2D eigenvalue weighted by atomic mass is 10.1. The molecule has 0 aliphatic rings. The van der Waals surface area contributed by atoms with Gasteiger partial charge in [0.05, 0.1) is 24.3 Å². The quantitative estimate of drug-likeness (QED) is 0.913. The minimum Gasteiger partial charge on any atom is -0.497 e. The van der Waals surface area contributed by atoms with E-state index in [1.807, 2.05) is 24.3 Å². The first-order chi connectivity index (χ1) is 8.48. The molecule has 1 aromatic carbocycles. The van der Waals surface area contributed by atoms with Gasteiger partial charge in [0.2, 0.25) is 0 Å². The molecule has 2 aromatic rings. The zero-order valence-electron chi connectivity index (χ0n) is 10.2. The number of rotatable bonds is 4. The van der Waals surface area contributed by atoms with Crippen molar-refractivity contribution in [1.82, 2.24) is 10.2 Å². The van der Waals surface area contributed by atoms with Crippen LogP contribution in [-0.2, 0) is 15.6 Å². The van der Waals surface area contributed by atoms with E-state index in [1.54, 1.807) is 13.2 Å². The van der Waals surface area contributed by atoms with Crippen molar-refractivity contribution < 1.29 is 13.2 Å². The molecule has 2 rings (SSSR count). The van der Waals surface area contributed by atoms with E-state index < -0.39 is 9.84 Å². The summed E-state index contributed by atoms with van der Waals surface area (Å²) < 4.78 is 27.4. The molecular formula is C12H14N2O3S. The number of benzene rings is 1. The van der Waals surface area contributed by atoms with Crippen molar-refractivity contribution in [2.75, 3.05) is 13.4 Å². The number of aromatic nitrogens is 2. The molecule has 5 nitrogen and oxygen atoms in total. The Hall–Kier alpha value is -1.82. The summed E-state index contributed by atoms with van der Waals surface area (Å²) in [5.41, 5.74) is 2.21. The van der Waals surface area contributed by atoms with Crippen LogP contribution in [0.15, 0.2) is 30.3 Å². The van der Waals surface area contributed by atoms with Crippen LogP contribution >= 0.6 is 0 Å². The van der Waals surface area contributed by atoms with Crippen LogP contribution in [0.3, 0.4) is 0 Å². The Kier molecular flexibility index (Phi) is 3.38. The predicted molar refractivity (Wildman–Crippen MR) is 69.1 cm³/mol. The summed E-state index contributed by atoms with van der Waals surface area (Å²) >= 11 is 0. The van der Waals surface area contributed by atoms with Crippen molar-refractivity contribution in [3.8, 4) is 17.0 Å². The molecule has 0 fully saturated rings. The fraction of sp³-hybridized carbons (Fsp3) is 0.250. The fourth-order valence-electron chi connectivity index (χ4n) is 1.63. The molecule has 0 saturated heterocycles. The molecule has 6 heteroatoms. The maximum atomic E-state index is 11.2. The molecule has 0 atom stereocenters. The van der Waals surface area contributed by atoms with Gasteiger partial charge in [-0.25, -0.2) is 8.42 Å². The third-order valence-electron chi connectivity index (χ3n) is 2.43. The molecule has 96 valence electrons. The second-order valence-electron chi connectivity index (χ2n) is 4.08. The summed E-state index contributed by atoms with van der Waals surface area (Å²) in [5, 5.41) is 6.82. The normalized spacial score (nSPS) is 11.4. The average molecular weight is 266 g/mol. The lowest BCUT2D eigenvalue weighted by Crippen LogP contribution is -2.00. The summed E-state index contributed by atoms with van der Waals surface area (Å²) in [6.07, 6.45) is 1.20. The van der Waals surface area contributed by atoms with Crippen LogP contribution in [0.5, 0.6) is 5.75 Å². The van der Waals surface area contributed by atoms with Crippen molar-refractivity contribution >= 4 is 9.84 Å². The van der Waals surface area contributed by atoms with Gasteiger partial charge in [0.25, 0.3) is 0 Å². The molecule has 1 N–H and O–H groups in total. The molecule has 1 aromatic heterocycles. The van der Waals surface area contributed by atoms with Gasteiger partial charge in [-0.2, -0.15) is 5.10 Å². The van der Waals surface area contributed by atoms with Gasteiger partial charge in [-0.15, -0.1) is 0 Å². The van der Waals surface area contributed by atoms with Crippen LogP contribution in [0.1, 0.15) is 5.69 Å². The van der Waals surface area contributed by atoms with Crippen molar-refractivity contribution in [3.05, 3.63) is 36.0 Å². The average Bonchev–Trinajstić information content (AvgIpc) is 2.75. The van der Waals surface area contributed by atoms with E-state index in [1.165, 1.54) is 6.26 Å². The lowest BCUT2D eigenvalue weighted by molar-refractivity contribution is 0.415. The third kappa shape index (κ3) is 3.10. The molecule has 0 saturated carbocycles. The fourth-order valence-corrected chi connectivity index (χ4v) is 2.34. The standard InChI is InChI=1S/C12H14N2O3S/c1-17-11-5-3-9(4-6-11)12-7-10(13-14-12)8-18(2,15)16/h3-7H,8H2,1-2H3,(H,13,14). The summed E-state index contributed by atoms with van der Waals surface area (Å²) in [6, 6.07) is 9.15. The molecule has 18 heavy (non-hydrogen) atoms. The van der Waals surface area contributed by atoms with E-state index >= 15 is 0 Å². The highest BCUT2D eigenvalue weighted by molar-refractivity contribution is 7.89. The van der Waals surface area contributed by atoms with Gasteiger partial charge in [-0.3, -0.25) is 5.10 Å². The summed E-state index contributed by atoms with van der Waals surface area (Å²) in [6.45, 7) is 0. The maximum Gasteiger partial charge on any atom is 0.153 e. The Morgan fingerprint density at radius 1 is 1.28 bits per heavy atom. The van der Waals surface area contributed by atoms with Gasteiger partial charge in [0, 0.05) is 11.8 Å². The van der Waals surface area contributed by atoms with Crippen LogP contribution in [0.2, 0.25) is 0 Å². The van der Waals surface area contributed by atoms with Crippen molar-refractivity contribution in [2.45, 2.75) is 5.75 Å². The number of aromatic amines is 1. The zero-order valence-corrected chi connectivity index (χ0v) is 11.0. The van der Waals surface area contributed by atoms with Crippen LogP contribution in [0, 0.1) is 0 Å². The molecular weight excluding hydrogens is 252 g/mol. The van der Waals surface area contributed by atoms with E-state index in [9.17, 15) is 8.42 Å². The summed E-state index contributed by atoms with van der Waals surface area (Å²) in [5.74, 6) is 0.738. The van der Waals surface area contributed by atoms with Crippen LogP contribution < -0.4 is 4.74 Å². The first-order valence-corrected chi connectivity index (χ1v) is 7.40. The van der Waals surface area contributed by atoms with Crippen LogP contribution in [-0.4, -0.2) is 32.0 Å². The van der Waals surface area contributed by atoms with Gasteiger partial charge in [0.1, 0.15) is 5.75 Å². The number of methoxy groups -OCH3 is 1. The van der Waals surface area contributed by atoms with Crippen molar-refractivity contribution in [1.29, 1.82) is 0 Å². The molecule has 0 aliphatic heterocycles. The van der Waals surface area contributed by atoms with E-state index in [0.29, 0.717) is 5.69 Å². The van der Waals surface area contributed by atoms with E-state index in [2.05, 4.69) is 10.2 Å². The second-order valence-corrected chi connectivity index (χ2v) is 6.22. The third-order valence-corrected chi connectivity index (χ3v) is 3.27. The highest BCUT2D eigenvalue weighted by atomic mass is 32.2. The SMILES string of the molecule is COc1ccc(-c2cc(CS(C)(=O)=O)[nH]n2)cc1. The Morgan fingerprint density at radius 3 is 2.50 bits per heavy atom. The second kappa shape index (κ2) is 4.81. The van der Waals surface area contributed by atoms with Gasteiger partial charge in [-0.05, 0) is 30.3 Å². The molecule has 0 bridgehead atoms. The first-order valence-electron chi connectivity index (χ1n) is 5.34. The number of nitrogens with one attached hydrogen (secondary N) is 1. The van der Waals surface area contributed by atoms with Gasteiger partial charge >= 0.3 is 0 Å². The van der Waals surface area contributed by atoms with Crippen LogP contribution in [0.25, 0.3) is 11.3 Å². The largest absolute Gasteiger partial charge is 0.497 e. The Bertz CT molecular complexity index is 630. The smallest absolute Gasteiger partial charge is 0.153 e. The van der Waals surface area contributed by atoms with E-state index in [0.717, 1.165) is 17.0 Å². The topological polar surface area (TPSA) is 72.1 Å². The van der Waals surface area contributed by atoms with E-state index in [-0.39, 0.29) is 5.75 Å². The monoisotopic (exact) mass is 266 g/mol. The number of H-pyrrole nitrogens is 1. The molecule has 0 aliphatic carbocycles. The lowest BCUT2D eigenvalue weighted by Gasteiger charge is -1.99. The summed E-state index contributed by atoms with van der Waals surface area (Å²) in [7, 11) is -1.44. The Balaban J connectivity index is 2.23. The number of ether oxygens (including phenoxy) is 1. The number of nitrogens with zero attached hydrogens (tertiary/aromatic N) is 1. The minimum absolute atomic E-state index is 0.0316. The first kappa shape index (κ1) is 12.6. The number of hydrogen-bond donors (Lipinski definition) is 1. The highest BCUT2D eigenvalue weighted by Gasteiger charge is 2.09. The molecule has 0 radical (unpaired) electrons. The minimum atomic E-state index is -3.05. The maximum absolute atomic E-state index is 11.2. The molecule has 0 spiro atoms.